The van der Waals surface area contributed by atoms with Crippen molar-refractivity contribution in [3.8, 4) is 0 Å². The molecule has 1 heterocycles. The molecule has 3 N–H and O–H groups in total. The van der Waals surface area contributed by atoms with Crippen LogP contribution in [0.25, 0.3) is 0 Å². The van der Waals surface area contributed by atoms with Crippen molar-refractivity contribution in [3.05, 3.63) is 65.7 Å². The number of hydrogen-bond donors (Lipinski definition) is 3. The highest BCUT2D eigenvalue weighted by atomic mass is 16.3. The lowest BCUT2D eigenvalue weighted by atomic mass is 9.99. The van der Waals surface area contributed by atoms with Crippen LogP contribution in [0.4, 0.5) is 5.69 Å². The fraction of sp³-hybridized carbons (Fsp3) is 0.235. The van der Waals surface area contributed by atoms with Crippen molar-refractivity contribution in [3.63, 3.8) is 0 Å². The van der Waals surface area contributed by atoms with Crippen molar-refractivity contribution in [2.75, 3.05) is 18.5 Å². The minimum atomic E-state index is -0.369. The van der Waals surface area contributed by atoms with Gasteiger partial charge in [0.05, 0.1) is 18.6 Å². The van der Waals surface area contributed by atoms with Gasteiger partial charge in [0.15, 0.2) is 0 Å². The number of hydrogen-bond acceptors (Lipinski definition) is 3. The number of anilines is 1. The molecule has 0 aromatic heterocycles. The number of aliphatic hydroxyl groups excluding tert-OH is 1. The third kappa shape index (κ3) is 2.76. The lowest BCUT2D eigenvalue weighted by Gasteiger charge is -2.19. The lowest BCUT2D eigenvalue weighted by molar-refractivity contribution is -0.123. The highest BCUT2D eigenvalue weighted by molar-refractivity contribution is 5.88. The molecule has 4 heteroatoms. The standard InChI is InChI=1S/C17H18N2O2/c20-11-16(12-6-2-1-3-7-12)19-17(21)14-10-18-15-9-5-4-8-13(14)15/h1-9,14,16,18,20H,10-11H2,(H,19,21). The summed E-state index contributed by atoms with van der Waals surface area (Å²) in [4.78, 5) is 12.5. The van der Waals surface area contributed by atoms with E-state index < -0.39 is 0 Å². The van der Waals surface area contributed by atoms with E-state index in [4.69, 9.17) is 0 Å². The Bertz CT molecular complexity index is 628. The van der Waals surface area contributed by atoms with Gasteiger partial charge < -0.3 is 15.7 Å². The number of carbonyl (C=O) groups is 1. The van der Waals surface area contributed by atoms with Crippen molar-refractivity contribution in [2.24, 2.45) is 0 Å². The lowest BCUT2D eigenvalue weighted by Crippen LogP contribution is -2.35. The van der Waals surface area contributed by atoms with Crippen LogP contribution in [0.3, 0.4) is 0 Å². The Balaban J connectivity index is 1.75. The predicted octanol–water partition coefficient (Wildman–Crippen LogP) is 2.05. The Morgan fingerprint density at radius 1 is 1.19 bits per heavy atom. The Labute approximate surface area is 123 Å². The van der Waals surface area contributed by atoms with Crippen molar-refractivity contribution >= 4 is 11.6 Å². The summed E-state index contributed by atoms with van der Waals surface area (Å²) in [5.74, 6) is -0.269. The van der Waals surface area contributed by atoms with Gasteiger partial charge in [-0.2, -0.15) is 0 Å². The van der Waals surface area contributed by atoms with Crippen LogP contribution in [-0.2, 0) is 4.79 Å². The molecule has 1 aliphatic rings. The second-order valence-corrected chi connectivity index (χ2v) is 5.18. The average molecular weight is 282 g/mol. The monoisotopic (exact) mass is 282 g/mol. The molecule has 2 aromatic carbocycles. The van der Waals surface area contributed by atoms with Gasteiger partial charge in [-0.05, 0) is 17.2 Å². The zero-order valence-corrected chi connectivity index (χ0v) is 11.6. The quantitative estimate of drug-likeness (QED) is 0.804. The van der Waals surface area contributed by atoms with E-state index in [1.165, 1.54) is 0 Å². The van der Waals surface area contributed by atoms with Crippen molar-refractivity contribution in [2.45, 2.75) is 12.0 Å². The van der Waals surface area contributed by atoms with Crippen LogP contribution in [-0.4, -0.2) is 24.2 Å². The summed E-state index contributed by atoms with van der Waals surface area (Å²) in [7, 11) is 0. The van der Waals surface area contributed by atoms with E-state index in [0.29, 0.717) is 6.54 Å². The molecular weight excluding hydrogens is 264 g/mol. The van der Waals surface area contributed by atoms with E-state index in [-0.39, 0.29) is 24.5 Å². The van der Waals surface area contributed by atoms with E-state index in [9.17, 15) is 9.90 Å². The van der Waals surface area contributed by atoms with Crippen molar-refractivity contribution in [1.82, 2.24) is 5.32 Å². The van der Waals surface area contributed by atoms with Crippen molar-refractivity contribution < 1.29 is 9.90 Å². The van der Waals surface area contributed by atoms with Crippen molar-refractivity contribution in [1.29, 1.82) is 0 Å². The van der Waals surface area contributed by atoms with Crippen LogP contribution in [0.1, 0.15) is 23.1 Å². The summed E-state index contributed by atoms with van der Waals surface area (Å²) >= 11 is 0. The first-order valence-corrected chi connectivity index (χ1v) is 7.08. The van der Waals surface area contributed by atoms with Gasteiger partial charge in [-0.1, -0.05) is 48.5 Å². The van der Waals surface area contributed by atoms with Gasteiger partial charge in [0, 0.05) is 12.2 Å². The van der Waals surface area contributed by atoms with Crippen LogP contribution in [0.5, 0.6) is 0 Å². The summed E-state index contributed by atoms with van der Waals surface area (Å²) in [6.45, 7) is 0.482. The Hall–Kier alpha value is -2.33. The molecule has 0 saturated heterocycles. The highest BCUT2D eigenvalue weighted by Gasteiger charge is 2.29. The third-order valence-corrected chi connectivity index (χ3v) is 3.85. The SMILES string of the molecule is O=C(NC(CO)c1ccccc1)C1CNc2ccccc21. The van der Waals surface area contributed by atoms with E-state index in [2.05, 4.69) is 10.6 Å². The number of carbonyl (C=O) groups excluding carboxylic acids is 1. The van der Waals surface area contributed by atoms with E-state index >= 15 is 0 Å². The summed E-state index contributed by atoms with van der Waals surface area (Å²) in [5, 5.41) is 15.7. The van der Waals surface area contributed by atoms with E-state index in [1.807, 2.05) is 54.6 Å². The second kappa shape index (κ2) is 5.97. The largest absolute Gasteiger partial charge is 0.394 e. The fourth-order valence-corrected chi connectivity index (χ4v) is 2.71. The highest BCUT2D eigenvalue weighted by Crippen LogP contribution is 2.31. The molecule has 0 saturated carbocycles. The molecular formula is C17H18N2O2. The number of benzene rings is 2. The van der Waals surface area contributed by atoms with Gasteiger partial charge >= 0.3 is 0 Å². The van der Waals surface area contributed by atoms with Crippen LogP contribution >= 0.6 is 0 Å². The Morgan fingerprint density at radius 2 is 1.90 bits per heavy atom. The van der Waals surface area contributed by atoms with E-state index in [1.54, 1.807) is 0 Å². The molecule has 2 aromatic rings. The van der Waals surface area contributed by atoms with Gasteiger partial charge in [0.25, 0.3) is 0 Å². The zero-order valence-electron chi connectivity index (χ0n) is 11.6. The molecule has 0 spiro atoms. The molecule has 21 heavy (non-hydrogen) atoms. The maximum atomic E-state index is 12.5. The first kappa shape index (κ1) is 13.6. The summed E-state index contributed by atoms with van der Waals surface area (Å²) in [5.41, 5.74) is 2.94. The average Bonchev–Trinajstić information content (AvgIpc) is 2.97. The number of aliphatic hydroxyl groups is 1. The topological polar surface area (TPSA) is 61.4 Å². The maximum Gasteiger partial charge on any atom is 0.229 e. The minimum absolute atomic E-state index is 0.0599. The van der Waals surface area contributed by atoms with E-state index in [0.717, 1.165) is 16.8 Å². The Morgan fingerprint density at radius 3 is 2.67 bits per heavy atom. The molecule has 3 rings (SSSR count). The van der Waals surface area contributed by atoms with Gasteiger partial charge in [-0.25, -0.2) is 0 Å². The molecule has 1 amide bonds. The van der Waals surface area contributed by atoms with Crippen LogP contribution < -0.4 is 10.6 Å². The maximum absolute atomic E-state index is 12.5. The summed E-state index contributed by atoms with van der Waals surface area (Å²) in [6.07, 6.45) is 0. The zero-order chi connectivity index (χ0) is 14.7. The summed E-state index contributed by atoms with van der Waals surface area (Å²) < 4.78 is 0. The summed E-state index contributed by atoms with van der Waals surface area (Å²) in [6, 6.07) is 17.0. The van der Waals surface area contributed by atoms with Gasteiger partial charge in [-0.15, -0.1) is 0 Å². The number of nitrogens with one attached hydrogen (secondary N) is 2. The fourth-order valence-electron chi connectivity index (χ4n) is 2.71. The number of rotatable bonds is 4. The molecule has 0 fully saturated rings. The van der Waals surface area contributed by atoms with Gasteiger partial charge in [0.2, 0.25) is 5.91 Å². The smallest absolute Gasteiger partial charge is 0.229 e. The molecule has 4 nitrogen and oxygen atoms in total. The van der Waals surface area contributed by atoms with Crippen LogP contribution in [0.2, 0.25) is 0 Å². The Kier molecular flexibility index (Phi) is 3.88. The number of amides is 1. The molecule has 0 bridgehead atoms. The van der Waals surface area contributed by atoms with Gasteiger partial charge in [-0.3, -0.25) is 4.79 Å². The van der Waals surface area contributed by atoms with Crippen LogP contribution in [0.15, 0.2) is 54.6 Å². The minimum Gasteiger partial charge on any atom is -0.394 e. The first-order chi connectivity index (χ1) is 10.3. The third-order valence-electron chi connectivity index (χ3n) is 3.85. The molecule has 0 radical (unpaired) electrons. The number of fused-ring (bicyclic) bond motifs is 1. The normalized spacial score (nSPS) is 17.7. The molecule has 1 aliphatic heterocycles. The predicted molar refractivity (Wildman–Crippen MR) is 82.1 cm³/mol. The molecule has 108 valence electrons. The number of para-hydroxylation sites is 1. The second-order valence-electron chi connectivity index (χ2n) is 5.18. The molecule has 2 unspecified atom stereocenters. The molecule has 2 atom stereocenters. The molecule has 0 aliphatic carbocycles. The first-order valence-electron chi connectivity index (χ1n) is 7.08. The van der Waals surface area contributed by atoms with Crippen LogP contribution in [0, 0.1) is 0 Å². The van der Waals surface area contributed by atoms with Gasteiger partial charge in [0.1, 0.15) is 0 Å².